The Kier molecular flexibility index (Phi) is 9.08. The molecule has 2 fully saturated rings. The van der Waals surface area contributed by atoms with E-state index in [9.17, 15) is 9.18 Å². The zero-order valence-corrected chi connectivity index (χ0v) is 23.9. The number of aromatic nitrogens is 2. The fourth-order valence-electron chi connectivity index (χ4n) is 5.71. The predicted molar refractivity (Wildman–Crippen MR) is 158 cm³/mol. The van der Waals surface area contributed by atoms with Gasteiger partial charge in [-0.2, -0.15) is 0 Å². The molecule has 212 valence electrons. The van der Waals surface area contributed by atoms with Gasteiger partial charge in [0.15, 0.2) is 5.11 Å². The van der Waals surface area contributed by atoms with E-state index in [-0.39, 0.29) is 30.2 Å². The van der Waals surface area contributed by atoms with Crippen molar-refractivity contribution in [3.63, 3.8) is 0 Å². The zero-order chi connectivity index (χ0) is 28.1. The first kappa shape index (κ1) is 28.2. The molecule has 8 nitrogen and oxygen atoms in total. The van der Waals surface area contributed by atoms with Crippen LogP contribution >= 0.6 is 12.2 Å². The number of rotatable bonds is 10. The summed E-state index contributed by atoms with van der Waals surface area (Å²) >= 11 is 5.81. The van der Waals surface area contributed by atoms with Gasteiger partial charge in [0.05, 0.1) is 31.0 Å². The van der Waals surface area contributed by atoms with E-state index >= 15 is 0 Å². The lowest BCUT2D eigenvalue weighted by molar-refractivity contribution is -0.116. The highest BCUT2D eigenvalue weighted by Gasteiger charge is 2.41. The number of halogens is 1. The number of pyridine rings is 1. The molecule has 0 radical (unpaired) electrons. The van der Waals surface area contributed by atoms with Gasteiger partial charge in [-0.25, -0.2) is 4.39 Å². The molecule has 2 saturated heterocycles. The average Bonchev–Trinajstić information content (AvgIpc) is 3.44. The molecule has 0 aliphatic carbocycles. The monoisotopic (exact) mass is 564 g/mol. The Morgan fingerprint density at radius 2 is 1.90 bits per heavy atom. The van der Waals surface area contributed by atoms with Gasteiger partial charge in [-0.05, 0) is 80.5 Å². The van der Waals surface area contributed by atoms with Gasteiger partial charge in [0.2, 0.25) is 5.91 Å². The van der Waals surface area contributed by atoms with Crippen molar-refractivity contribution in [3.8, 4) is 0 Å². The van der Waals surface area contributed by atoms with E-state index in [0.717, 1.165) is 51.5 Å². The fraction of sp³-hybridized carbons (Fsp3) is 0.433. The Balaban J connectivity index is 1.34. The summed E-state index contributed by atoms with van der Waals surface area (Å²) in [5.41, 5.74) is 5.08. The standard InChI is InChI=1S/C30H37FN6O2S/c1-21-20-25(22(2)36(21)14-5-13-35-16-18-39-19-17-35)29-28(26-6-3-4-12-32-26)34-30(40)37(29)15-11-27(38)33-24-9-7-23(31)8-10-24/h3-4,6-10,12,20,28-29H,5,11,13-19H2,1-2H3,(H,33,38)(H,34,40)/t28-,29+/m1/s1. The molecule has 0 saturated carbocycles. The van der Waals surface area contributed by atoms with Gasteiger partial charge < -0.3 is 24.8 Å². The number of hydrogen-bond donors (Lipinski definition) is 2. The van der Waals surface area contributed by atoms with Crippen molar-refractivity contribution in [2.45, 2.75) is 45.3 Å². The van der Waals surface area contributed by atoms with Gasteiger partial charge in [-0.3, -0.25) is 14.7 Å². The fourth-order valence-corrected chi connectivity index (χ4v) is 6.04. The maximum Gasteiger partial charge on any atom is 0.226 e. The third-order valence-corrected chi connectivity index (χ3v) is 8.15. The minimum atomic E-state index is -0.339. The summed E-state index contributed by atoms with van der Waals surface area (Å²) in [7, 11) is 0. The van der Waals surface area contributed by atoms with Crippen molar-refractivity contribution in [2.24, 2.45) is 0 Å². The van der Waals surface area contributed by atoms with Crippen LogP contribution in [-0.4, -0.2) is 69.8 Å². The number of anilines is 1. The lowest BCUT2D eigenvalue weighted by Crippen LogP contribution is -2.37. The molecule has 0 bridgehead atoms. The molecule has 2 aliphatic rings. The predicted octanol–water partition coefficient (Wildman–Crippen LogP) is 4.36. The Bertz CT molecular complexity index is 1310. The number of carbonyl (C=O) groups excluding carboxylic acids is 1. The van der Waals surface area contributed by atoms with Crippen molar-refractivity contribution in [1.29, 1.82) is 0 Å². The molecular formula is C30H37FN6O2S. The SMILES string of the molecule is Cc1cc([C@H]2[C@@H](c3ccccn3)NC(=S)N2CCC(=O)Nc2ccc(F)cc2)c(C)n1CCCN1CCOCC1. The first-order valence-corrected chi connectivity index (χ1v) is 14.3. The summed E-state index contributed by atoms with van der Waals surface area (Å²) < 4.78 is 21.1. The first-order chi connectivity index (χ1) is 19.4. The molecule has 2 atom stereocenters. The van der Waals surface area contributed by atoms with Crippen molar-refractivity contribution < 1.29 is 13.9 Å². The van der Waals surface area contributed by atoms with E-state index in [2.05, 4.69) is 49.9 Å². The summed E-state index contributed by atoms with van der Waals surface area (Å²) in [6, 6.07) is 13.7. The lowest BCUT2D eigenvalue weighted by Gasteiger charge is -2.28. The van der Waals surface area contributed by atoms with Gasteiger partial charge in [0, 0.05) is 62.4 Å². The van der Waals surface area contributed by atoms with Crippen LogP contribution in [0.25, 0.3) is 0 Å². The van der Waals surface area contributed by atoms with Crippen LogP contribution < -0.4 is 10.6 Å². The van der Waals surface area contributed by atoms with Crippen LogP contribution in [0, 0.1) is 19.7 Å². The van der Waals surface area contributed by atoms with Crippen molar-refractivity contribution >= 4 is 28.9 Å². The van der Waals surface area contributed by atoms with E-state index in [4.69, 9.17) is 17.0 Å². The third-order valence-electron chi connectivity index (χ3n) is 7.80. The van der Waals surface area contributed by atoms with Crippen LogP contribution in [0.2, 0.25) is 0 Å². The van der Waals surface area contributed by atoms with Gasteiger partial charge >= 0.3 is 0 Å². The Morgan fingerprint density at radius 1 is 1.12 bits per heavy atom. The number of amides is 1. The Hall–Kier alpha value is -3.34. The van der Waals surface area contributed by atoms with Gasteiger partial charge in [-0.1, -0.05) is 6.07 Å². The molecule has 1 aromatic carbocycles. The molecule has 0 spiro atoms. The number of carbonyl (C=O) groups is 1. The second-order valence-electron chi connectivity index (χ2n) is 10.4. The van der Waals surface area contributed by atoms with Crippen molar-refractivity contribution in [3.05, 3.63) is 83.2 Å². The average molecular weight is 565 g/mol. The highest BCUT2D eigenvalue weighted by Crippen LogP contribution is 2.41. The van der Waals surface area contributed by atoms with Crippen molar-refractivity contribution in [1.82, 2.24) is 24.7 Å². The van der Waals surface area contributed by atoms with Crippen LogP contribution in [0.15, 0.2) is 54.7 Å². The Labute approximate surface area is 240 Å². The normalized spacial score (nSPS) is 19.6. The molecule has 0 unspecified atom stereocenters. The minimum absolute atomic E-state index is 0.111. The van der Waals surface area contributed by atoms with Gasteiger partial charge in [0.1, 0.15) is 5.82 Å². The van der Waals surface area contributed by atoms with E-state index < -0.39 is 0 Å². The lowest BCUT2D eigenvalue weighted by atomic mass is 9.96. The molecule has 2 aliphatic heterocycles. The summed E-state index contributed by atoms with van der Waals surface area (Å²) in [5, 5.41) is 6.94. The number of thiocarbonyl (C=S) groups is 1. The van der Waals surface area contributed by atoms with Crippen LogP contribution in [0.4, 0.5) is 10.1 Å². The van der Waals surface area contributed by atoms with Crippen LogP contribution in [0.1, 0.15) is 47.6 Å². The van der Waals surface area contributed by atoms with Crippen molar-refractivity contribution in [2.75, 3.05) is 44.7 Å². The number of nitrogens with one attached hydrogen (secondary N) is 2. The van der Waals surface area contributed by atoms with Gasteiger partial charge in [-0.15, -0.1) is 0 Å². The first-order valence-electron chi connectivity index (χ1n) is 13.9. The number of nitrogens with zero attached hydrogens (tertiary/aromatic N) is 4. The summed E-state index contributed by atoms with van der Waals surface area (Å²) in [5.74, 6) is -0.489. The number of aryl methyl sites for hydroxylation is 1. The molecule has 5 rings (SSSR count). The number of ether oxygens (including phenoxy) is 1. The summed E-state index contributed by atoms with van der Waals surface area (Å²) in [6.45, 7) is 10.4. The largest absolute Gasteiger partial charge is 0.379 e. The molecule has 1 amide bonds. The minimum Gasteiger partial charge on any atom is -0.379 e. The van der Waals surface area contributed by atoms with E-state index in [1.54, 1.807) is 18.3 Å². The molecule has 10 heteroatoms. The van der Waals surface area contributed by atoms with Crippen LogP contribution in [-0.2, 0) is 16.1 Å². The quantitative estimate of drug-likeness (QED) is 0.355. The van der Waals surface area contributed by atoms with Gasteiger partial charge in [0.25, 0.3) is 0 Å². The zero-order valence-electron chi connectivity index (χ0n) is 23.1. The maximum absolute atomic E-state index is 13.3. The number of morpholine rings is 1. The highest BCUT2D eigenvalue weighted by atomic mass is 32.1. The topological polar surface area (TPSA) is 74.7 Å². The molecule has 2 N–H and O–H groups in total. The van der Waals surface area contributed by atoms with Crippen LogP contribution in [0.3, 0.4) is 0 Å². The highest BCUT2D eigenvalue weighted by molar-refractivity contribution is 7.80. The second-order valence-corrected chi connectivity index (χ2v) is 10.8. The molecule has 3 aromatic rings. The Morgan fingerprint density at radius 3 is 2.62 bits per heavy atom. The van der Waals surface area contributed by atoms with Crippen LogP contribution in [0.5, 0.6) is 0 Å². The molecule has 40 heavy (non-hydrogen) atoms. The van der Waals surface area contributed by atoms with E-state index in [1.807, 2.05) is 18.2 Å². The molecule has 4 heterocycles. The molecular weight excluding hydrogens is 527 g/mol. The third kappa shape index (κ3) is 6.51. The second kappa shape index (κ2) is 12.9. The number of hydrogen-bond acceptors (Lipinski definition) is 5. The van der Waals surface area contributed by atoms with E-state index in [0.29, 0.717) is 17.3 Å². The maximum atomic E-state index is 13.3. The molecule has 2 aromatic heterocycles. The smallest absolute Gasteiger partial charge is 0.226 e. The summed E-state index contributed by atoms with van der Waals surface area (Å²) in [6.07, 6.45) is 3.10. The number of benzene rings is 1. The summed E-state index contributed by atoms with van der Waals surface area (Å²) in [4.78, 5) is 22.0. The van der Waals surface area contributed by atoms with E-state index in [1.165, 1.54) is 29.1 Å².